The van der Waals surface area contributed by atoms with Crippen molar-refractivity contribution in [3.05, 3.63) is 29.3 Å². The third-order valence-electron chi connectivity index (χ3n) is 5.33. The molecule has 2 heterocycles. The second-order valence-electron chi connectivity index (χ2n) is 6.67. The third-order valence-corrected chi connectivity index (χ3v) is 5.33. The summed E-state index contributed by atoms with van der Waals surface area (Å²) in [5.41, 5.74) is 4.76. The van der Waals surface area contributed by atoms with Crippen LogP contribution in [-0.4, -0.2) is 31.1 Å². The fourth-order valence-corrected chi connectivity index (χ4v) is 4.09. The fourth-order valence-electron chi connectivity index (χ4n) is 4.09. The van der Waals surface area contributed by atoms with Crippen LogP contribution in [0.1, 0.15) is 55.1 Å². The van der Waals surface area contributed by atoms with Crippen molar-refractivity contribution in [3.63, 3.8) is 0 Å². The van der Waals surface area contributed by atoms with E-state index in [0.717, 1.165) is 24.4 Å². The molecule has 2 atom stereocenters. The van der Waals surface area contributed by atoms with Crippen molar-refractivity contribution in [2.45, 2.75) is 50.0 Å². The number of hydrogen-bond acceptors (Lipinski definition) is 2. The number of benzene rings is 1. The first-order valence-corrected chi connectivity index (χ1v) is 7.90. The maximum atomic E-state index is 3.64. The van der Waals surface area contributed by atoms with Gasteiger partial charge in [0.15, 0.2) is 0 Å². The van der Waals surface area contributed by atoms with E-state index in [1.54, 1.807) is 11.1 Å². The molecule has 1 aromatic rings. The van der Waals surface area contributed by atoms with Crippen molar-refractivity contribution in [3.8, 4) is 0 Å². The van der Waals surface area contributed by atoms with E-state index in [-0.39, 0.29) is 0 Å². The maximum Gasteiger partial charge on any atom is 0.0379 e. The molecular weight excluding hydrogens is 232 g/mol. The smallest absolute Gasteiger partial charge is 0.0379 e. The Labute approximate surface area is 116 Å². The van der Waals surface area contributed by atoms with E-state index in [9.17, 15) is 0 Å². The summed E-state index contributed by atoms with van der Waals surface area (Å²) < 4.78 is 0. The zero-order valence-corrected chi connectivity index (χ0v) is 11.9. The van der Waals surface area contributed by atoms with Crippen LogP contribution in [0.4, 0.5) is 5.69 Å². The fraction of sp³-hybridized carbons (Fsp3) is 0.647. The minimum absolute atomic E-state index is 0.748. The largest absolute Gasteiger partial charge is 0.384 e. The lowest BCUT2D eigenvalue weighted by atomic mass is 9.88. The van der Waals surface area contributed by atoms with Crippen LogP contribution in [0, 0.1) is 0 Å². The van der Waals surface area contributed by atoms with Crippen LogP contribution in [0.2, 0.25) is 0 Å². The number of fused-ring (bicyclic) bond motifs is 1. The molecule has 4 rings (SSSR count). The molecule has 1 saturated carbocycles. The Morgan fingerprint density at radius 2 is 2.16 bits per heavy atom. The van der Waals surface area contributed by atoms with Crippen molar-refractivity contribution in [2.24, 2.45) is 0 Å². The lowest BCUT2D eigenvalue weighted by molar-refractivity contribution is 0.285. The van der Waals surface area contributed by atoms with Crippen LogP contribution in [0.5, 0.6) is 0 Å². The molecule has 1 N–H and O–H groups in total. The second-order valence-corrected chi connectivity index (χ2v) is 6.67. The zero-order valence-electron chi connectivity index (χ0n) is 11.9. The second kappa shape index (κ2) is 4.52. The SMILES string of the molecule is CN1CCC[C@@H]1C[C@H]1CNc2cccc(C3CC3)c21. The van der Waals surface area contributed by atoms with Gasteiger partial charge in [-0.15, -0.1) is 0 Å². The summed E-state index contributed by atoms with van der Waals surface area (Å²) in [4.78, 5) is 2.57. The van der Waals surface area contributed by atoms with E-state index in [1.165, 1.54) is 44.3 Å². The molecule has 19 heavy (non-hydrogen) atoms. The first-order valence-electron chi connectivity index (χ1n) is 7.90. The van der Waals surface area contributed by atoms with Gasteiger partial charge in [-0.05, 0) is 68.8 Å². The van der Waals surface area contributed by atoms with E-state index in [1.807, 2.05) is 0 Å². The van der Waals surface area contributed by atoms with Crippen LogP contribution in [0.3, 0.4) is 0 Å². The van der Waals surface area contributed by atoms with Gasteiger partial charge >= 0.3 is 0 Å². The number of rotatable bonds is 3. The Morgan fingerprint density at radius 1 is 1.26 bits per heavy atom. The highest BCUT2D eigenvalue weighted by atomic mass is 15.1. The third kappa shape index (κ3) is 2.06. The predicted octanol–water partition coefficient (Wildman–Crippen LogP) is 3.56. The zero-order chi connectivity index (χ0) is 12.8. The predicted molar refractivity (Wildman–Crippen MR) is 79.9 cm³/mol. The van der Waals surface area contributed by atoms with E-state index < -0.39 is 0 Å². The summed E-state index contributed by atoms with van der Waals surface area (Å²) in [6.07, 6.45) is 6.95. The van der Waals surface area contributed by atoms with Gasteiger partial charge < -0.3 is 10.2 Å². The first kappa shape index (κ1) is 11.8. The molecule has 0 aromatic heterocycles. The monoisotopic (exact) mass is 256 g/mol. The molecule has 0 bridgehead atoms. The molecule has 0 spiro atoms. The normalized spacial score (nSPS) is 30.4. The average Bonchev–Trinajstić information content (AvgIpc) is 3.08. The minimum atomic E-state index is 0.748. The Bertz CT molecular complexity index is 478. The molecule has 2 heteroatoms. The molecule has 0 unspecified atom stereocenters. The van der Waals surface area contributed by atoms with Crippen molar-refractivity contribution in [2.75, 3.05) is 25.5 Å². The van der Waals surface area contributed by atoms with Crippen molar-refractivity contribution >= 4 is 5.69 Å². The van der Waals surface area contributed by atoms with Gasteiger partial charge in [-0.25, -0.2) is 0 Å². The van der Waals surface area contributed by atoms with E-state index in [4.69, 9.17) is 0 Å². The van der Waals surface area contributed by atoms with Gasteiger partial charge in [-0.3, -0.25) is 0 Å². The van der Waals surface area contributed by atoms with Gasteiger partial charge in [-0.2, -0.15) is 0 Å². The van der Waals surface area contributed by atoms with Gasteiger partial charge in [0.2, 0.25) is 0 Å². The van der Waals surface area contributed by atoms with Crippen molar-refractivity contribution in [1.29, 1.82) is 0 Å². The number of nitrogens with one attached hydrogen (secondary N) is 1. The summed E-state index contributed by atoms with van der Waals surface area (Å²) in [7, 11) is 2.30. The molecule has 0 radical (unpaired) electrons. The van der Waals surface area contributed by atoms with Gasteiger partial charge in [0, 0.05) is 24.2 Å². The molecule has 1 aromatic carbocycles. The Balaban J connectivity index is 1.60. The quantitative estimate of drug-likeness (QED) is 0.889. The van der Waals surface area contributed by atoms with E-state index >= 15 is 0 Å². The van der Waals surface area contributed by atoms with Crippen LogP contribution < -0.4 is 5.32 Å². The standard InChI is InChI=1S/C17H24N2/c1-19-9-3-4-14(19)10-13-11-18-16-6-2-5-15(17(13)16)12-7-8-12/h2,5-6,12-14,18H,3-4,7-11H2,1H3/t13-,14+/m0/s1. The first-order chi connectivity index (χ1) is 9.33. The highest BCUT2D eigenvalue weighted by Gasteiger charge is 2.34. The molecule has 3 aliphatic rings. The molecule has 102 valence electrons. The Kier molecular flexibility index (Phi) is 2.80. The molecule has 2 nitrogen and oxygen atoms in total. The molecule has 1 saturated heterocycles. The average molecular weight is 256 g/mol. The molecule has 0 amide bonds. The number of likely N-dealkylation sites (tertiary alicyclic amines) is 1. The van der Waals surface area contributed by atoms with E-state index in [0.29, 0.717) is 0 Å². The van der Waals surface area contributed by atoms with Crippen LogP contribution >= 0.6 is 0 Å². The van der Waals surface area contributed by atoms with E-state index in [2.05, 4.69) is 35.5 Å². The lowest BCUT2D eigenvalue weighted by Crippen LogP contribution is -2.27. The van der Waals surface area contributed by atoms with Crippen LogP contribution in [0.15, 0.2) is 18.2 Å². The highest BCUT2D eigenvalue weighted by Crippen LogP contribution is 2.48. The number of hydrogen-bond donors (Lipinski definition) is 1. The Hall–Kier alpha value is -1.02. The van der Waals surface area contributed by atoms with Crippen LogP contribution in [0.25, 0.3) is 0 Å². The van der Waals surface area contributed by atoms with Gasteiger partial charge in [0.25, 0.3) is 0 Å². The summed E-state index contributed by atoms with van der Waals surface area (Å²) >= 11 is 0. The molecular formula is C17H24N2. The van der Waals surface area contributed by atoms with Gasteiger partial charge in [0.05, 0.1) is 0 Å². The highest BCUT2D eigenvalue weighted by molar-refractivity contribution is 5.62. The summed E-state index contributed by atoms with van der Waals surface area (Å²) in [5, 5.41) is 3.64. The molecule has 2 aliphatic heterocycles. The van der Waals surface area contributed by atoms with Gasteiger partial charge in [-0.1, -0.05) is 12.1 Å². The van der Waals surface area contributed by atoms with Crippen molar-refractivity contribution < 1.29 is 0 Å². The maximum absolute atomic E-state index is 3.64. The minimum Gasteiger partial charge on any atom is -0.384 e. The number of anilines is 1. The lowest BCUT2D eigenvalue weighted by Gasteiger charge is -2.23. The summed E-state index contributed by atoms with van der Waals surface area (Å²) in [6.45, 7) is 2.45. The Morgan fingerprint density at radius 3 is 2.89 bits per heavy atom. The molecule has 2 fully saturated rings. The summed E-state index contributed by atoms with van der Waals surface area (Å²) in [6, 6.07) is 7.71. The van der Waals surface area contributed by atoms with Crippen molar-refractivity contribution in [1.82, 2.24) is 4.90 Å². The van der Waals surface area contributed by atoms with Crippen LogP contribution in [-0.2, 0) is 0 Å². The number of nitrogens with zero attached hydrogens (tertiary/aromatic N) is 1. The molecule has 1 aliphatic carbocycles. The summed E-state index contributed by atoms with van der Waals surface area (Å²) in [5.74, 6) is 1.62. The topological polar surface area (TPSA) is 15.3 Å². The van der Waals surface area contributed by atoms with Gasteiger partial charge in [0.1, 0.15) is 0 Å².